The van der Waals surface area contributed by atoms with Gasteiger partial charge < -0.3 is 5.32 Å². The van der Waals surface area contributed by atoms with Crippen LogP contribution in [-0.4, -0.2) is 20.9 Å². The van der Waals surface area contributed by atoms with Gasteiger partial charge in [0.2, 0.25) is 5.91 Å². The third-order valence-corrected chi connectivity index (χ3v) is 6.01. The van der Waals surface area contributed by atoms with Crippen molar-refractivity contribution < 1.29 is 13.2 Å². The Morgan fingerprint density at radius 3 is 2.59 bits per heavy atom. The predicted molar refractivity (Wildman–Crippen MR) is 89.1 cm³/mol. The Bertz CT molecular complexity index is 800. The van der Waals surface area contributed by atoms with Gasteiger partial charge >= 0.3 is 0 Å². The summed E-state index contributed by atoms with van der Waals surface area (Å²) in [5.41, 5.74) is 1.40. The summed E-state index contributed by atoms with van der Waals surface area (Å²) in [6.45, 7) is 3.30. The molecule has 2 aromatic rings. The van der Waals surface area contributed by atoms with Crippen LogP contribution in [0.2, 0.25) is 5.02 Å². The summed E-state index contributed by atoms with van der Waals surface area (Å²) >= 11 is 7.03. The van der Waals surface area contributed by atoms with Crippen molar-refractivity contribution in [3.05, 3.63) is 45.8 Å². The van der Waals surface area contributed by atoms with Crippen LogP contribution < -0.4 is 10.0 Å². The van der Waals surface area contributed by atoms with E-state index in [2.05, 4.69) is 10.0 Å². The second kappa shape index (κ2) is 6.78. The first kappa shape index (κ1) is 17.0. The molecule has 118 valence electrons. The van der Waals surface area contributed by atoms with Crippen LogP contribution in [0.5, 0.6) is 0 Å². The summed E-state index contributed by atoms with van der Waals surface area (Å²) in [4.78, 5) is 12.8. The molecule has 2 N–H and O–H groups in total. The molecule has 22 heavy (non-hydrogen) atoms. The van der Waals surface area contributed by atoms with E-state index < -0.39 is 15.9 Å². The Balaban J connectivity index is 1.99. The third kappa shape index (κ3) is 4.30. The van der Waals surface area contributed by atoms with E-state index in [1.165, 1.54) is 6.07 Å². The molecule has 0 bridgehead atoms. The zero-order valence-corrected chi connectivity index (χ0v) is 14.4. The van der Waals surface area contributed by atoms with Crippen LogP contribution in [0.1, 0.15) is 10.4 Å². The van der Waals surface area contributed by atoms with Gasteiger partial charge in [0.15, 0.2) is 0 Å². The highest BCUT2D eigenvalue weighted by Crippen LogP contribution is 2.21. The van der Waals surface area contributed by atoms with Crippen LogP contribution in [0.15, 0.2) is 34.5 Å². The summed E-state index contributed by atoms with van der Waals surface area (Å²) in [6, 6.07) is 8.34. The second-order valence-corrected chi connectivity index (χ2v) is 8.42. The minimum Gasteiger partial charge on any atom is -0.325 e. The normalized spacial score (nSPS) is 11.4. The number of nitrogens with one attached hydrogen (secondary N) is 2. The number of carbonyl (C=O) groups is 1. The number of sulfonamides is 1. The van der Waals surface area contributed by atoms with E-state index in [4.69, 9.17) is 11.6 Å². The van der Waals surface area contributed by atoms with Gasteiger partial charge in [0.25, 0.3) is 10.0 Å². The maximum Gasteiger partial charge on any atom is 0.250 e. The number of rotatable bonds is 5. The highest BCUT2D eigenvalue weighted by Gasteiger charge is 2.17. The molecule has 5 nitrogen and oxygen atoms in total. The quantitative estimate of drug-likeness (QED) is 0.862. The lowest BCUT2D eigenvalue weighted by Gasteiger charge is -2.09. The Kier molecular flexibility index (Phi) is 5.23. The molecule has 0 aliphatic carbocycles. The molecule has 0 fully saturated rings. The smallest absolute Gasteiger partial charge is 0.250 e. The van der Waals surface area contributed by atoms with Crippen molar-refractivity contribution in [2.45, 2.75) is 18.1 Å². The molecule has 0 unspecified atom stereocenters. The highest BCUT2D eigenvalue weighted by molar-refractivity contribution is 7.91. The zero-order valence-electron chi connectivity index (χ0n) is 12.0. The van der Waals surface area contributed by atoms with Crippen LogP contribution in [0.3, 0.4) is 0 Å². The Labute approximate surface area is 138 Å². The SMILES string of the molecule is Cc1ccc(S(=O)(=O)NCC(=O)Nc2cc(Cl)ccc2C)s1. The van der Waals surface area contributed by atoms with E-state index in [1.807, 2.05) is 13.8 Å². The minimum absolute atomic E-state index is 0.191. The lowest BCUT2D eigenvalue weighted by Crippen LogP contribution is -2.32. The molecule has 0 radical (unpaired) electrons. The minimum atomic E-state index is -3.66. The number of hydrogen-bond acceptors (Lipinski definition) is 4. The lowest BCUT2D eigenvalue weighted by molar-refractivity contribution is -0.115. The number of hydrogen-bond donors (Lipinski definition) is 2. The van der Waals surface area contributed by atoms with Crippen molar-refractivity contribution in [2.75, 3.05) is 11.9 Å². The number of amides is 1. The van der Waals surface area contributed by atoms with Crippen molar-refractivity contribution in [2.24, 2.45) is 0 Å². The van der Waals surface area contributed by atoms with E-state index in [1.54, 1.807) is 24.3 Å². The van der Waals surface area contributed by atoms with Gasteiger partial charge in [-0.15, -0.1) is 11.3 Å². The average Bonchev–Trinajstić information content (AvgIpc) is 2.88. The average molecular weight is 359 g/mol. The molecule has 1 heterocycles. The molecule has 1 aromatic heterocycles. The first-order chi connectivity index (χ1) is 10.3. The number of aryl methyl sites for hydroxylation is 2. The van der Waals surface area contributed by atoms with Gasteiger partial charge in [0.1, 0.15) is 4.21 Å². The van der Waals surface area contributed by atoms with E-state index in [0.29, 0.717) is 10.7 Å². The largest absolute Gasteiger partial charge is 0.325 e. The maximum absolute atomic E-state index is 12.0. The molecule has 0 aliphatic rings. The van der Waals surface area contributed by atoms with Crippen LogP contribution in [-0.2, 0) is 14.8 Å². The fraction of sp³-hybridized carbons (Fsp3) is 0.214. The number of benzene rings is 1. The molecule has 8 heteroatoms. The van der Waals surface area contributed by atoms with E-state index in [0.717, 1.165) is 21.8 Å². The number of carbonyl (C=O) groups excluding carboxylic acids is 1. The fourth-order valence-corrected chi connectivity index (χ4v) is 4.19. The summed E-state index contributed by atoms with van der Waals surface area (Å²) in [7, 11) is -3.66. The van der Waals surface area contributed by atoms with E-state index in [9.17, 15) is 13.2 Å². The van der Waals surface area contributed by atoms with Crippen molar-refractivity contribution in [3.63, 3.8) is 0 Å². The first-order valence-corrected chi connectivity index (χ1v) is 9.08. The summed E-state index contributed by atoms with van der Waals surface area (Å²) in [5.74, 6) is -0.456. The highest BCUT2D eigenvalue weighted by atomic mass is 35.5. The maximum atomic E-state index is 12.0. The Morgan fingerprint density at radius 2 is 1.95 bits per heavy atom. The molecule has 0 saturated heterocycles. The topological polar surface area (TPSA) is 75.3 Å². The summed E-state index contributed by atoms with van der Waals surface area (Å²) in [5, 5.41) is 3.13. The lowest BCUT2D eigenvalue weighted by atomic mass is 10.2. The van der Waals surface area contributed by atoms with Gasteiger partial charge in [0, 0.05) is 15.6 Å². The Morgan fingerprint density at radius 1 is 1.23 bits per heavy atom. The molecule has 0 spiro atoms. The van der Waals surface area contributed by atoms with Gasteiger partial charge in [-0.1, -0.05) is 17.7 Å². The van der Waals surface area contributed by atoms with E-state index >= 15 is 0 Å². The number of thiophene rings is 1. The molecule has 0 atom stereocenters. The monoisotopic (exact) mass is 358 g/mol. The van der Waals surface area contributed by atoms with Crippen molar-refractivity contribution in [1.29, 1.82) is 0 Å². The molecule has 2 rings (SSSR count). The number of halogens is 1. The molecule has 0 aliphatic heterocycles. The number of anilines is 1. The van der Waals surface area contributed by atoms with Crippen molar-refractivity contribution in [3.8, 4) is 0 Å². The molecular formula is C14H15ClN2O3S2. The van der Waals surface area contributed by atoms with Crippen LogP contribution in [0, 0.1) is 13.8 Å². The molecule has 0 saturated carbocycles. The van der Waals surface area contributed by atoms with Crippen molar-refractivity contribution in [1.82, 2.24) is 4.72 Å². The van der Waals surface area contributed by atoms with Crippen molar-refractivity contribution >= 4 is 44.6 Å². The van der Waals surface area contributed by atoms with Crippen LogP contribution in [0.25, 0.3) is 0 Å². The van der Waals surface area contributed by atoms with Crippen LogP contribution >= 0.6 is 22.9 Å². The molecule has 1 aromatic carbocycles. The van der Waals surface area contributed by atoms with Gasteiger partial charge in [-0.05, 0) is 43.7 Å². The third-order valence-electron chi connectivity index (χ3n) is 2.88. The molecular weight excluding hydrogens is 344 g/mol. The second-order valence-electron chi connectivity index (χ2n) is 4.70. The summed E-state index contributed by atoms with van der Waals surface area (Å²) in [6.07, 6.45) is 0. The van der Waals surface area contributed by atoms with Gasteiger partial charge in [0.05, 0.1) is 6.54 Å². The van der Waals surface area contributed by atoms with Crippen LogP contribution in [0.4, 0.5) is 5.69 Å². The predicted octanol–water partition coefficient (Wildman–Crippen LogP) is 2.94. The Hall–Kier alpha value is -1.41. The first-order valence-electron chi connectivity index (χ1n) is 6.40. The zero-order chi connectivity index (χ0) is 16.3. The van der Waals surface area contributed by atoms with Gasteiger partial charge in [-0.3, -0.25) is 4.79 Å². The van der Waals surface area contributed by atoms with E-state index in [-0.39, 0.29) is 10.8 Å². The molecule has 1 amide bonds. The van der Waals surface area contributed by atoms with Gasteiger partial charge in [-0.25, -0.2) is 13.1 Å². The summed E-state index contributed by atoms with van der Waals surface area (Å²) < 4.78 is 26.5. The standard InChI is InChI=1S/C14H15ClN2O3S2/c1-9-3-5-11(15)7-12(9)17-13(18)8-16-22(19,20)14-6-4-10(2)21-14/h3-7,16H,8H2,1-2H3,(H,17,18). The fourth-order valence-electron chi connectivity index (χ4n) is 1.71. The van der Waals surface area contributed by atoms with Gasteiger partial charge in [-0.2, -0.15) is 0 Å².